The summed E-state index contributed by atoms with van der Waals surface area (Å²) in [7, 11) is 1.63. The van der Waals surface area contributed by atoms with Crippen molar-refractivity contribution in [3.63, 3.8) is 0 Å². The van der Waals surface area contributed by atoms with Gasteiger partial charge in [-0.15, -0.1) is 10.2 Å². The fraction of sp³-hybridized carbons (Fsp3) is 0.0769. The lowest BCUT2D eigenvalue weighted by molar-refractivity contribution is -0.118. The highest BCUT2D eigenvalue weighted by atomic mass is 32.2. The maximum Gasteiger partial charge on any atom is 0.250 e. The van der Waals surface area contributed by atoms with Crippen LogP contribution in [-0.2, 0) is 4.79 Å². The summed E-state index contributed by atoms with van der Waals surface area (Å²) in [5.74, 6) is 1.34. The molecule has 0 aliphatic carbocycles. The van der Waals surface area contributed by atoms with E-state index in [9.17, 15) is 4.79 Å². The maximum absolute atomic E-state index is 12.5. The lowest BCUT2D eigenvalue weighted by Crippen LogP contribution is -2.20. The van der Waals surface area contributed by atoms with Crippen LogP contribution in [0.25, 0.3) is 28.0 Å². The number of nitrogens with zero attached hydrogens (tertiary/aromatic N) is 4. The largest absolute Gasteiger partial charge is 0.497 e. The Labute approximate surface area is 206 Å². The van der Waals surface area contributed by atoms with E-state index in [2.05, 4.69) is 25.7 Å². The number of carbonyl (C=O) groups excluding carboxylic acids is 1. The van der Waals surface area contributed by atoms with Crippen LogP contribution in [0.2, 0.25) is 0 Å². The molecule has 0 unspecified atom stereocenters. The number of hydrogen-bond donors (Lipinski definition) is 2. The second-order valence-electron chi connectivity index (χ2n) is 7.58. The van der Waals surface area contributed by atoms with Crippen LogP contribution in [0.15, 0.2) is 95.3 Å². The number of carbonyl (C=O) groups is 1. The first-order chi connectivity index (χ1) is 17.2. The summed E-state index contributed by atoms with van der Waals surface area (Å²) in [6.45, 7) is 0. The quantitative estimate of drug-likeness (QED) is 0.190. The van der Waals surface area contributed by atoms with Gasteiger partial charge in [-0.1, -0.05) is 60.3 Å². The summed E-state index contributed by atoms with van der Waals surface area (Å²) in [5, 5.41) is 14.5. The number of hydrazone groups is 1. The SMILES string of the molecule is COc1ccc(-n2c(SCC(=O)N/N=C\c3c[nH]c4ccccc34)nnc2-c2ccccc2)cc1. The number of amides is 1. The van der Waals surface area contributed by atoms with Gasteiger partial charge in [-0.05, 0) is 30.3 Å². The predicted molar refractivity (Wildman–Crippen MR) is 138 cm³/mol. The van der Waals surface area contributed by atoms with E-state index >= 15 is 0 Å². The zero-order chi connectivity index (χ0) is 24.0. The average Bonchev–Trinajstić information content (AvgIpc) is 3.52. The molecule has 0 aliphatic heterocycles. The van der Waals surface area contributed by atoms with Crippen LogP contribution in [0, 0.1) is 0 Å². The first kappa shape index (κ1) is 22.4. The van der Waals surface area contributed by atoms with Gasteiger partial charge in [0.05, 0.1) is 19.1 Å². The Bertz CT molecular complexity index is 1480. The number of fused-ring (bicyclic) bond motifs is 1. The van der Waals surface area contributed by atoms with E-state index < -0.39 is 0 Å². The molecule has 2 N–H and O–H groups in total. The Morgan fingerprint density at radius 1 is 1.06 bits per heavy atom. The number of nitrogens with one attached hydrogen (secondary N) is 2. The number of para-hydroxylation sites is 1. The third kappa shape index (κ3) is 4.95. The fourth-order valence-electron chi connectivity index (χ4n) is 3.64. The van der Waals surface area contributed by atoms with Crippen LogP contribution >= 0.6 is 11.8 Å². The van der Waals surface area contributed by atoms with Crippen molar-refractivity contribution in [2.24, 2.45) is 5.10 Å². The normalized spacial score (nSPS) is 11.2. The van der Waals surface area contributed by atoms with E-state index in [-0.39, 0.29) is 11.7 Å². The first-order valence-electron chi connectivity index (χ1n) is 10.9. The van der Waals surface area contributed by atoms with Gasteiger partial charge in [-0.3, -0.25) is 9.36 Å². The Balaban J connectivity index is 1.32. The summed E-state index contributed by atoms with van der Waals surface area (Å²) >= 11 is 1.29. The van der Waals surface area contributed by atoms with Gasteiger partial charge in [0.25, 0.3) is 5.91 Å². The summed E-state index contributed by atoms with van der Waals surface area (Å²) in [4.78, 5) is 15.7. The fourth-order valence-corrected chi connectivity index (χ4v) is 4.38. The number of aromatic amines is 1. The van der Waals surface area contributed by atoms with Crippen molar-refractivity contribution in [2.45, 2.75) is 5.16 Å². The minimum atomic E-state index is -0.239. The highest BCUT2D eigenvalue weighted by Gasteiger charge is 2.17. The summed E-state index contributed by atoms with van der Waals surface area (Å²) in [6, 6.07) is 25.4. The summed E-state index contributed by atoms with van der Waals surface area (Å²) in [5.41, 5.74) is 6.31. The van der Waals surface area contributed by atoms with Gasteiger partial charge in [0.1, 0.15) is 5.75 Å². The smallest absolute Gasteiger partial charge is 0.250 e. The molecule has 2 aromatic heterocycles. The monoisotopic (exact) mass is 482 g/mol. The van der Waals surface area contributed by atoms with E-state index in [1.165, 1.54) is 11.8 Å². The van der Waals surface area contributed by atoms with Crippen molar-refractivity contribution in [3.05, 3.63) is 90.6 Å². The zero-order valence-electron chi connectivity index (χ0n) is 18.9. The Morgan fingerprint density at radius 2 is 1.83 bits per heavy atom. The van der Waals surface area contributed by atoms with Crippen molar-refractivity contribution >= 4 is 34.8 Å². The molecule has 35 heavy (non-hydrogen) atoms. The van der Waals surface area contributed by atoms with Gasteiger partial charge in [-0.2, -0.15) is 5.10 Å². The molecule has 0 bridgehead atoms. The Hall–Kier alpha value is -4.37. The topological polar surface area (TPSA) is 97.2 Å². The van der Waals surface area contributed by atoms with E-state index in [0.717, 1.165) is 33.5 Å². The molecule has 0 saturated carbocycles. The van der Waals surface area contributed by atoms with Crippen LogP contribution in [0.3, 0.4) is 0 Å². The Kier molecular flexibility index (Phi) is 6.58. The van der Waals surface area contributed by atoms with Crippen molar-refractivity contribution in [1.82, 2.24) is 25.2 Å². The molecule has 8 nitrogen and oxygen atoms in total. The second-order valence-corrected chi connectivity index (χ2v) is 8.52. The van der Waals surface area contributed by atoms with Crippen molar-refractivity contribution in [2.75, 3.05) is 12.9 Å². The molecule has 0 saturated heterocycles. The molecule has 0 spiro atoms. The van der Waals surface area contributed by atoms with Gasteiger partial charge in [0.15, 0.2) is 11.0 Å². The van der Waals surface area contributed by atoms with E-state index in [1.807, 2.05) is 89.6 Å². The number of rotatable bonds is 8. The molecule has 0 fully saturated rings. The lowest BCUT2D eigenvalue weighted by Gasteiger charge is -2.11. The third-order valence-corrected chi connectivity index (χ3v) is 6.27. The standard InChI is InChI=1S/C26H22N6O2S/c1-34-21-13-11-20(12-14-21)32-25(18-7-3-2-4-8-18)30-31-26(32)35-17-24(33)29-28-16-19-15-27-23-10-6-5-9-22(19)23/h2-16,27H,17H2,1H3,(H,29,33)/b28-16-. The second kappa shape index (κ2) is 10.3. The predicted octanol–water partition coefficient (Wildman–Crippen LogP) is 4.67. The third-order valence-electron chi connectivity index (χ3n) is 5.34. The Morgan fingerprint density at radius 3 is 2.63 bits per heavy atom. The molecule has 9 heteroatoms. The van der Waals surface area contributed by atoms with Gasteiger partial charge in [-0.25, -0.2) is 5.43 Å². The van der Waals surface area contributed by atoms with E-state index in [0.29, 0.717) is 11.0 Å². The molecular formula is C26H22N6O2S. The number of methoxy groups -OCH3 is 1. The number of ether oxygens (including phenoxy) is 1. The molecule has 5 rings (SSSR count). The minimum absolute atomic E-state index is 0.133. The van der Waals surface area contributed by atoms with Crippen LogP contribution in [0.1, 0.15) is 5.56 Å². The molecule has 0 aliphatic rings. The number of hydrogen-bond acceptors (Lipinski definition) is 6. The van der Waals surface area contributed by atoms with E-state index in [4.69, 9.17) is 4.74 Å². The zero-order valence-corrected chi connectivity index (χ0v) is 19.7. The van der Waals surface area contributed by atoms with Gasteiger partial charge in [0, 0.05) is 33.9 Å². The average molecular weight is 483 g/mol. The lowest BCUT2D eigenvalue weighted by atomic mass is 10.2. The number of H-pyrrole nitrogens is 1. The van der Waals surface area contributed by atoms with Gasteiger partial charge < -0.3 is 9.72 Å². The summed E-state index contributed by atoms with van der Waals surface area (Å²) < 4.78 is 7.22. The van der Waals surface area contributed by atoms with Gasteiger partial charge >= 0.3 is 0 Å². The van der Waals surface area contributed by atoms with Crippen molar-refractivity contribution in [1.29, 1.82) is 0 Å². The highest BCUT2D eigenvalue weighted by Crippen LogP contribution is 2.28. The van der Waals surface area contributed by atoms with E-state index in [1.54, 1.807) is 13.3 Å². The van der Waals surface area contributed by atoms with Crippen molar-refractivity contribution in [3.8, 4) is 22.8 Å². The molecule has 0 radical (unpaired) electrons. The molecule has 3 aromatic carbocycles. The number of aromatic nitrogens is 4. The van der Waals surface area contributed by atoms with Gasteiger partial charge in [0.2, 0.25) is 0 Å². The van der Waals surface area contributed by atoms with Crippen molar-refractivity contribution < 1.29 is 9.53 Å². The highest BCUT2D eigenvalue weighted by molar-refractivity contribution is 7.99. The number of thioether (sulfide) groups is 1. The molecule has 2 heterocycles. The molecule has 174 valence electrons. The first-order valence-corrected chi connectivity index (χ1v) is 11.9. The molecule has 1 amide bonds. The van der Waals surface area contributed by atoms with Crippen LogP contribution in [0.4, 0.5) is 0 Å². The van der Waals surface area contributed by atoms with Crippen LogP contribution in [-0.4, -0.2) is 44.7 Å². The maximum atomic E-state index is 12.5. The van der Waals surface area contributed by atoms with Crippen LogP contribution in [0.5, 0.6) is 5.75 Å². The molecule has 5 aromatic rings. The number of benzene rings is 3. The summed E-state index contributed by atoms with van der Waals surface area (Å²) in [6.07, 6.45) is 3.49. The minimum Gasteiger partial charge on any atom is -0.497 e. The van der Waals surface area contributed by atoms with Crippen LogP contribution < -0.4 is 10.2 Å². The molecule has 0 atom stereocenters. The molecular weight excluding hydrogens is 460 g/mol.